The van der Waals surface area contributed by atoms with Gasteiger partial charge in [-0.15, -0.1) is 11.8 Å². The molecule has 2 nitrogen and oxygen atoms in total. The maximum absolute atomic E-state index is 9.96. The molecule has 1 aliphatic rings. The van der Waals surface area contributed by atoms with Crippen LogP contribution in [0.4, 0.5) is 0 Å². The number of rotatable bonds is 1. The molecule has 1 atom stereocenters. The first-order valence-corrected chi connectivity index (χ1v) is 5.66. The molecular formula is C11H14O2S. The van der Waals surface area contributed by atoms with E-state index in [-0.39, 0.29) is 5.92 Å². The Morgan fingerprint density at radius 1 is 1.43 bits per heavy atom. The maximum atomic E-state index is 9.96. The molecule has 0 radical (unpaired) electrons. The third kappa shape index (κ3) is 1.51. The second-order valence-corrected chi connectivity index (χ2v) is 5.27. The van der Waals surface area contributed by atoms with Gasteiger partial charge in [-0.25, -0.2) is 0 Å². The molecule has 76 valence electrons. The maximum Gasteiger partial charge on any atom is 0.120 e. The Balaban J connectivity index is 2.48. The molecule has 0 aromatic heterocycles. The Kier molecular flexibility index (Phi) is 2.24. The predicted molar refractivity (Wildman–Crippen MR) is 57.9 cm³/mol. The summed E-state index contributed by atoms with van der Waals surface area (Å²) in [5, 5.41) is 19.7. The smallest absolute Gasteiger partial charge is 0.120 e. The molecule has 1 aromatic rings. The van der Waals surface area contributed by atoms with Crippen molar-refractivity contribution < 1.29 is 10.2 Å². The summed E-state index contributed by atoms with van der Waals surface area (Å²) in [6.45, 7) is 3.58. The second-order valence-electron chi connectivity index (χ2n) is 4.21. The van der Waals surface area contributed by atoms with Crippen molar-refractivity contribution in [2.75, 3.05) is 5.75 Å². The van der Waals surface area contributed by atoms with E-state index in [9.17, 15) is 10.2 Å². The molecule has 0 amide bonds. The van der Waals surface area contributed by atoms with Gasteiger partial charge in [0, 0.05) is 22.1 Å². The number of aromatic hydroxyl groups is 1. The van der Waals surface area contributed by atoms with Gasteiger partial charge in [0.25, 0.3) is 0 Å². The highest BCUT2D eigenvalue weighted by atomic mass is 32.2. The third-order valence-corrected chi connectivity index (χ3v) is 3.82. The summed E-state index contributed by atoms with van der Waals surface area (Å²) in [6, 6.07) is 5.52. The van der Waals surface area contributed by atoms with E-state index in [0.717, 1.165) is 16.2 Å². The Morgan fingerprint density at radius 3 is 2.79 bits per heavy atom. The van der Waals surface area contributed by atoms with Crippen molar-refractivity contribution in [3.63, 3.8) is 0 Å². The van der Waals surface area contributed by atoms with Gasteiger partial charge in [-0.3, -0.25) is 0 Å². The average Bonchev–Trinajstić information content (AvgIpc) is 2.47. The highest BCUT2D eigenvalue weighted by Gasteiger charge is 2.36. The van der Waals surface area contributed by atoms with Gasteiger partial charge >= 0.3 is 0 Å². The standard InChI is InChI=1S/C11H14O2S/c1-11(2,13)7-6-14-9-5-3-4-8(12)10(7)9/h3-5,7,12-13H,6H2,1-2H3. The summed E-state index contributed by atoms with van der Waals surface area (Å²) in [4.78, 5) is 1.09. The number of phenolic OH excluding ortho intramolecular Hbond substituents is 1. The van der Waals surface area contributed by atoms with Crippen LogP contribution < -0.4 is 0 Å². The number of hydrogen-bond donors (Lipinski definition) is 2. The van der Waals surface area contributed by atoms with Crippen LogP contribution in [0.1, 0.15) is 25.3 Å². The molecule has 0 saturated heterocycles. The van der Waals surface area contributed by atoms with Gasteiger partial charge in [-0.05, 0) is 26.0 Å². The fourth-order valence-corrected chi connectivity index (χ4v) is 3.32. The van der Waals surface area contributed by atoms with Crippen molar-refractivity contribution >= 4 is 11.8 Å². The minimum absolute atomic E-state index is 0.0312. The molecule has 0 fully saturated rings. The number of phenols is 1. The molecule has 2 N–H and O–H groups in total. The van der Waals surface area contributed by atoms with Crippen molar-refractivity contribution in [1.82, 2.24) is 0 Å². The second kappa shape index (κ2) is 3.17. The van der Waals surface area contributed by atoms with Crippen LogP contribution >= 0.6 is 11.8 Å². The van der Waals surface area contributed by atoms with E-state index in [4.69, 9.17) is 0 Å². The van der Waals surface area contributed by atoms with E-state index in [1.165, 1.54) is 0 Å². The third-order valence-electron chi connectivity index (χ3n) is 2.65. The molecule has 14 heavy (non-hydrogen) atoms. The van der Waals surface area contributed by atoms with Crippen LogP contribution in [0.3, 0.4) is 0 Å². The molecular weight excluding hydrogens is 196 g/mol. The minimum Gasteiger partial charge on any atom is -0.508 e. The molecule has 0 saturated carbocycles. The van der Waals surface area contributed by atoms with Gasteiger partial charge in [0.05, 0.1) is 5.60 Å². The van der Waals surface area contributed by atoms with Gasteiger partial charge in [0.15, 0.2) is 0 Å². The van der Waals surface area contributed by atoms with Crippen LogP contribution in [0, 0.1) is 0 Å². The predicted octanol–water partition coefficient (Wildman–Crippen LogP) is 2.35. The van der Waals surface area contributed by atoms with Crippen LogP contribution in [-0.4, -0.2) is 21.6 Å². The molecule has 1 unspecified atom stereocenters. The Labute approximate surface area is 88.0 Å². The lowest BCUT2D eigenvalue weighted by Crippen LogP contribution is -2.28. The summed E-state index contributed by atoms with van der Waals surface area (Å²) >= 11 is 1.70. The Hall–Kier alpha value is -0.670. The van der Waals surface area contributed by atoms with E-state index >= 15 is 0 Å². The first kappa shape index (κ1) is 9.87. The highest BCUT2D eigenvalue weighted by Crippen LogP contribution is 2.48. The topological polar surface area (TPSA) is 40.5 Å². The van der Waals surface area contributed by atoms with Crippen molar-refractivity contribution in [1.29, 1.82) is 0 Å². The molecule has 1 heterocycles. The van der Waals surface area contributed by atoms with Crippen LogP contribution in [0.15, 0.2) is 23.1 Å². The van der Waals surface area contributed by atoms with Crippen LogP contribution in [0.25, 0.3) is 0 Å². The molecule has 3 heteroatoms. The Morgan fingerprint density at radius 2 is 2.14 bits per heavy atom. The van der Waals surface area contributed by atoms with E-state index in [1.54, 1.807) is 31.7 Å². The fourth-order valence-electron chi connectivity index (χ4n) is 1.82. The zero-order chi connectivity index (χ0) is 10.3. The molecule has 0 aliphatic carbocycles. The lowest BCUT2D eigenvalue weighted by molar-refractivity contribution is 0.0570. The monoisotopic (exact) mass is 210 g/mol. The first-order valence-electron chi connectivity index (χ1n) is 4.67. The van der Waals surface area contributed by atoms with Crippen LogP contribution in [-0.2, 0) is 0 Å². The summed E-state index contributed by atoms with van der Waals surface area (Å²) < 4.78 is 0. The fraction of sp³-hybridized carbons (Fsp3) is 0.455. The van der Waals surface area contributed by atoms with Crippen LogP contribution in [0.5, 0.6) is 5.75 Å². The zero-order valence-electron chi connectivity index (χ0n) is 8.32. The largest absolute Gasteiger partial charge is 0.508 e. The number of benzene rings is 1. The molecule has 0 bridgehead atoms. The lowest BCUT2D eigenvalue weighted by atomic mass is 9.86. The van der Waals surface area contributed by atoms with Gasteiger partial charge in [0.2, 0.25) is 0 Å². The molecule has 1 aliphatic heterocycles. The number of fused-ring (bicyclic) bond motifs is 1. The average molecular weight is 210 g/mol. The summed E-state index contributed by atoms with van der Waals surface area (Å²) in [7, 11) is 0. The van der Waals surface area contributed by atoms with Crippen molar-refractivity contribution in [2.45, 2.75) is 30.3 Å². The normalized spacial score (nSPS) is 20.9. The lowest BCUT2D eigenvalue weighted by Gasteiger charge is -2.26. The van der Waals surface area contributed by atoms with Crippen molar-refractivity contribution in [3.05, 3.63) is 23.8 Å². The number of hydrogen-bond acceptors (Lipinski definition) is 3. The van der Waals surface area contributed by atoms with Gasteiger partial charge in [0.1, 0.15) is 5.75 Å². The van der Waals surface area contributed by atoms with Crippen molar-refractivity contribution in [2.24, 2.45) is 0 Å². The zero-order valence-corrected chi connectivity index (χ0v) is 9.14. The first-order chi connectivity index (χ1) is 6.50. The van der Waals surface area contributed by atoms with E-state index in [0.29, 0.717) is 5.75 Å². The SMILES string of the molecule is CC(C)(O)C1CSc2cccc(O)c21. The number of aliphatic hydroxyl groups is 1. The highest BCUT2D eigenvalue weighted by molar-refractivity contribution is 7.99. The van der Waals surface area contributed by atoms with Gasteiger partial charge in [-0.1, -0.05) is 6.07 Å². The van der Waals surface area contributed by atoms with E-state index < -0.39 is 5.60 Å². The molecule has 2 rings (SSSR count). The molecule has 0 spiro atoms. The summed E-state index contributed by atoms with van der Waals surface area (Å²) in [5.41, 5.74) is 0.141. The van der Waals surface area contributed by atoms with E-state index in [1.807, 2.05) is 12.1 Å². The minimum atomic E-state index is -0.767. The summed E-state index contributed by atoms with van der Waals surface area (Å²) in [5.74, 6) is 1.18. The Bertz CT molecular complexity index is 355. The van der Waals surface area contributed by atoms with Crippen LogP contribution in [0.2, 0.25) is 0 Å². The van der Waals surface area contributed by atoms with Gasteiger partial charge < -0.3 is 10.2 Å². The van der Waals surface area contributed by atoms with Crippen molar-refractivity contribution in [3.8, 4) is 5.75 Å². The summed E-state index contributed by atoms with van der Waals surface area (Å²) in [6.07, 6.45) is 0. The van der Waals surface area contributed by atoms with E-state index in [2.05, 4.69) is 0 Å². The van der Waals surface area contributed by atoms with Gasteiger partial charge in [-0.2, -0.15) is 0 Å². The number of thioether (sulfide) groups is 1. The quantitative estimate of drug-likeness (QED) is 0.747. The molecule has 1 aromatic carbocycles.